The van der Waals surface area contributed by atoms with E-state index in [9.17, 15) is 0 Å². The summed E-state index contributed by atoms with van der Waals surface area (Å²) in [7, 11) is 1.63. The highest BCUT2D eigenvalue weighted by Gasteiger charge is 2.08. The van der Waals surface area contributed by atoms with Gasteiger partial charge in [-0.05, 0) is 36.6 Å². The molecular formula is C14H21NO2. The van der Waals surface area contributed by atoms with Crippen LogP contribution in [0.2, 0.25) is 0 Å². The third-order valence-electron chi connectivity index (χ3n) is 2.65. The van der Waals surface area contributed by atoms with E-state index >= 15 is 0 Å². The maximum absolute atomic E-state index is 5.82. The Morgan fingerprint density at radius 1 is 1.41 bits per heavy atom. The second-order valence-corrected chi connectivity index (χ2v) is 4.09. The van der Waals surface area contributed by atoms with Gasteiger partial charge in [0.05, 0.1) is 7.11 Å². The minimum atomic E-state index is -0.0106. The van der Waals surface area contributed by atoms with Crippen LogP contribution in [0, 0.1) is 0 Å². The molecule has 0 aliphatic heterocycles. The van der Waals surface area contributed by atoms with Crippen LogP contribution in [0.25, 0.3) is 0 Å². The molecule has 1 rings (SSSR count). The maximum atomic E-state index is 5.82. The second-order valence-electron chi connectivity index (χ2n) is 4.09. The van der Waals surface area contributed by atoms with E-state index in [1.807, 2.05) is 25.1 Å². The van der Waals surface area contributed by atoms with Crippen molar-refractivity contribution in [3.8, 4) is 11.5 Å². The lowest BCUT2D eigenvalue weighted by molar-refractivity contribution is 0.317. The zero-order chi connectivity index (χ0) is 12.8. The topological polar surface area (TPSA) is 44.5 Å². The summed E-state index contributed by atoms with van der Waals surface area (Å²) in [6.07, 6.45) is 0.917. The van der Waals surface area contributed by atoms with Gasteiger partial charge >= 0.3 is 0 Å². The van der Waals surface area contributed by atoms with Gasteiger partial charge in [0.1, 0.15) is 6.61 Å². The molecule has 0 bridgehead atoms. The zero-order valence-corrected chi connectivity index (χ0v) is 10.8. The highest BCUT2D eigenvalue weighted by atomic mass is 16.5. The van der Waals surface area contributed by atoms with Crippen molar-refractivity contribution < 1.29 is 9.47 Å². The molecule has 0 aromatic heterocycles. The van der Waals surface area contributed by atoms with E-state index in [2.05, 4.69) is 13.5 Å². The summed E-state index contributed by atoms with van der Waals surface area (Å²) >= 11 is 0. The van der Waals surface area contributed by atoms with Gasteiger partial charge < -0.3 is 15.2 Å². The molecule has 0 aliphatic carbocycles. The van der Waals surface area contributed by atoms with Crippen LogP contribution in [-0.2, 0) is 0 Å². The van der Waals surface area contributed by atoms with Crippen LogP contribution in [0.3, 0.4) is 0 Å². The third kappa shape index (κ3) is 3.79. The van der Waals surface area contributed by atoms with Crippen molar-refractivity contribution >= 4 is 0 Å². The molecule has 0 amide bonds. The molecule has 94 valence electrons. The Morgan fingerprint density at radius 3 is 2.65 bits per heavy atom. The lowest BCUT2D eigenvalue weighted by Crippen LogP contribution is -2.06. The first-order valence-electron chi connectivity index (χ1n) is 5.81. The molecule has 3 heteroatoms. The SMILES string of the molecule is C=C(CC)COc1ccc([C@@H](C)N)cc1OC. The smallest absolute Gasteiger partial charge is 0.161 e. The van der Waals surface area contributed by atoms with Gasteiger partial charge in [0.2, 0.25) is 0 Å². The first kappa shape index (κ1) is 13.6. The van der Waals surface area contributed by atoms with Crippen molar-refractivity contribution in [3.63, 3.8) is 0 Å². The van der Waals surface area contributed by atoms with Crippen molar-refractivity contribution in [1.82, 2.24) is 0 Å². The number of rotatable bonds is 6. The summed E-state index contributed by atoms with van der Waals surface area (Å²) < 4.78 is 10.9. The van der Waals surface area contributed by atoms with Crippen LogP contribution >= 0.6 is 0 Å². The largest absolute Gasteiger partial charge is 0.493 e. The number of methoxy groups -OCH3 is 1. The van der Waals surface area contributed by atoms with Crippen LogP contribution in [0.15, 0.2) is 30.4 Å². The Balaban J connectivity index is 2.81. The highest BCUT2D eigenvalue weighted by Crippen LogP contribution is 2.30. The van der Waals surface area contributed by atoms with E-state index in [1.165, 1.54) is 0 Å². The summed E-state index contributed by atoms with van der Waals surface area (Å²) in [4.78, 5) is 0. The van der Waals surface area contributed by atoms with E-state index in [1.54, 1.807) is 7.11 Å². The van der Waals surface area contributed by atoms with Gasteiger partial charge in [-0.25, -0.2) is 0 Å². The Hall–Kier alpha value is -1.48. The standard InChI is InChI=1S/C14H21NO2/c1-5-10(2)9-17-13-7-6-12(11(3)15)8-14(13)16-4/h6-8,11H,2,5,9,15H2,1,3-4H3/t11-/m1/s1. The molecule has 2 N–H and O–H groups in total. The van der Waals surface area contributed by atoms with Gasteiger partial charge in [-0.3, -0.25) is 0 Å². The zero-order valence-electron chi connectivity index (χ0n) is 10.8. The quantitative estimate of drug-likeness (QED) is 0.771. The predicted octanol–water partition coefficient (Wildman–Crippen LogP) is 3.06. The van der Waals surface area contributed by atoms with E-state index in [-0.39, 0.29) is 6.04 Å². The van der Waals surface area contributed by atoms with E-state index in [0.717, 1.165) is 23.3 Å². The first-order valence-corrected chi connectivity index (χ1v) is 5.81. The average Bonchev–Trinajstić information content (AvgIpc) is 2.35. The van der Waals surface area contributed by atoms with Gasteiger partial charge in [0, 0.05) is 6.04 Å². The molecule has 1 aromatic rings. The molecule has 3 nitrogen and oxygen atoms in total. The summed E-state index contributed by atoms with van der Waals surface area (Å²) in [6, 6.07) is 5.75. The number of nitrogens with two attached hydrogens (primary N) is 1. The van der Waals surface area contributed by atoms with Gasteiger partial charge in [-0.15, -0.1) is 0 Å². The molecule has 0 radical (unpaired) electrons. The van der Waals surface area contributed by atoms with Crippen molar-refractivity contribution in [3.05, 3.63) is 35.9 Å². The monoisotopic (exact) mass is 235 g/mol. The molecule has 1 aromatic carbocycles. The van der Waals surface area contributed by atoms with Crippen LogP contribution in [0.5, 0.6) is 11.5 Å². The average molecular weight is 235 g/mol. The summed E-state index contributed by atoms with van der Waals surface area (Å²) in [5.41, 5.74) is 7.91. The molecule has 1 atom stereocenters. The fraction of sp³-hybridized carbons (Fsp3) is 0.429. The third-order valence-corrected chi connectivity index (χ3v) is 2.65. The van der Waals surface area contributed by atoms with Crippen molar-refractivity contribution in [2.24, 2.45) is 5.73 Å². The van der Waals surface area contributed by atoms with E-state index in [0.29, 0.717) is 12.4 Å². The van der Waals surface area contributed by atoms with Gasteiger partial charge in [0.25, 0.3) is 0 Å². The Kier molecular flexibility index (Phi) is 5.04. The lowest BCUT2D eigenvalue weighted by atomic mass is 10.1. The predicted molar refractivity (Wildman–Crippen MR) is 70.5 cm³/mol. The Bertz CT molecular complexity index is 386. The number of ether oxygens (including phenoxy) is 2. The number of hydrogen-bond acceptors (Lipinski definition) is 3. The van der Waals surface area contributed by atoms with Crippen LogP contribution in [0.4, 0.5) is 0 Å². The van der Waals surface area contributed by atoms with Crippen molar-refractivity contribution in [2.45, 2.75) is 26.3 Å². The van der Waals surface area contributed by atoms with Gasteiger partial charge in [-0.1, -0.05) is 19.6 Å². The van der Waals surface area contributed by atoms with Crippen molar-refractivity contribution in [2.75, 3.05) is 13.7 Å². The number of benzene rings is 1. The van der Waals surface area contributed by atoms with E-state index in [4.69, 9.17) is 15.2 Å². The lowest BCUT2D eigenvalue weighted by Gasteiger charge is -2.14. The van der Waals surface area contributed by atoms with Crippen LogP contribution in [-0.4, -0.2) is 13.7 Å². The normalized spacial score (nSPS) is 12.0. The van der Waals surface area contributed by atoms with Crippen molar-refractivity contribution in [1.29, 1.82) is 0 Å². The fourth-order valence-corrected chi connectivity index (χ4v) is 1.37. The molecule has 0 saturated heterocycles. The van der Waals surface area contributed by atoms with Crippen LogP contribution in [0.1, 0.15) is 31.9 Å². The fourth-order valence-electron chi connectivity index (χ4n) is 1.37. The molecule has 0 unspecified atom stereocenters. The molecule has 17 heavy (non-hydrogen) atoms. The molecule has 0 saturated carbocycles. The van der Waals surface area contributed by atoms with Crippen LogP contribution < -0.4 is 15.2 Å². The van der Waals surface area contributed by atoms with Gasteiger partial charge in [0.15, 0.2) is 11.5 Å². The Labute approximate surface area is 103 Å². The summed E-state index contributed by atoms with van der Waals surface area (Å²) in [6.45, 7) is 8.42. The minimum absolute atomic E-state index is 0.0106. The highest BCUT2D eigenvalue weighted by molar-refractivity contribution is 5.43. The number of hydrogen-bond donors (Lipinski definition) is 1. The molecule has 0 aliphatic rings. The molecule has 0 spiro atoms. The maximum Gasteiger partial charge on any atom is 0.161 e. The first-order chi connectivity index (χ1) is 8.08. The molecular weight excluding hydrogens is 214 g/mol. The van der Waals surface area contributed by atoms with Gasteiger partial charge in [-0.2, -0.15) is 0 Å². The van der Waals surface area contributed by atoms with E-state index < -0.39 is 0 Å². The summed E-state index contributed by atoms with van der Waals surface area (Å²) in [5.74, 6) is 1.44. The molecule has 0 heterocycles. The Morgan fingerprint density at radius 2 is 2.12 bits per heavy atom. The summed E-state index contributed by atoms with van der Waals surface area (Å²) in [5, 5.41) is 0. The second kappa shape index (κ2) is 6.30. The minimum Gasteiger partial charge on any atom is -0.493 e. The molecule has 0 fully saturated rings.